The lowest BCUT2D eigenvalue weighted by Gasteiger charge is -2.08. The lowest BCUT2D eigenvalue weighted by atomic mass is 10.2. The molecule has 0 unspecified atom stereocenters. The summed E-state index contributed by atoms with van der Waals surface area (Å²) in [5.41, 5.74) is 2.07. The molecule has 88 valence electrons. The lowest BCUT2D eigenvalue weighted by molar-refractivity contribution is 1.15. The Hall–Kier alpha value is -0.700. The summed E-state index contributed by atoms with van der Waals surface area (Å²) in [6.07, 6.45) is 0. The summed E-state index contributed by atoms with van der Waals surface area (Å²) in [4.78, 5) is 0. The zero-order valence-corrected chi connectivity index (χ0v) is 12.0. The minimum absolute atomic E-state index is 0.654. The Morgan fingerprint density at radius 3 is 2.59 bits per heavy atom. The third-order valence-corrected chi connectivity index (χ3v) is 3.40. The summed E-state index contributed by atoms with van der Waals surface area (Å²) >= 11 is 15.4. The molecule has 1 N–H and O–H groups in total. The highest BCUT2D eigenvalue weighted by atomic mass is 79.9. The second-order valence-electron chi connectivity index (χ2n) is 3.60. The van der Waals surface area contributed by atoms with E-state index >= 15 is 0 Å². The van der Waals surface area contributed by atoms with Crippen LogP contribution in [0.15, 0.2) is 46.9 Å². The van der Waals surface area contributed by atoms with Crippen molar-refractivity contribution in [3.8, 4) is 0 Å². The van der Waals surface area contributed by atoms with E-state index in [1.54, 1.807) is 6.07 Å². The highest BCUT2D eigenvalue weighted by molar-refractivity contribution is 9.10. The number of rotatable bonds is 3. The molecule has 0 fully saturated rings. The summed E-state index contributed by atoms with van der Waals surface area (Å²) < 4.78 is 1.05. The molecule has 0 atom stereocenters. The molecule has 2 aromatic rings. The van der Waals surface area contributed by atoms with E-state index in [0.717, 1.165) is 15.7 Å². The molecule has 0 saturated heterocycles. The largest absolute Gasteiger partial charge is 0.381 e. The first-order valence-electron chi connectivity index (χ1n) is 5.08. The van der Waals surface area contributed by atoms with E-state index in [9.17, 15) is 0 Å². The van der Waals surface area contributed by atoms with E-state index in [2.05, 4.69) is 21.2 Å². The molecule has 4 heteroatoms. The zero-order chi connectivity index (χ0) is 12.3. The molecule has 0 aliphatic carbocycles. The van der Waals surface area contributed by atoms with Crippen LogP contribution in [0.5, 0.6) is 0 Å². The van der Waals surface area contributed by atoms with E-state index in [4.69, 9.17) is 23.2 Å². The van der Waals surface area contributed by atoms with Gasteiger partial charge in [0.15, 0.2) is 0 Å². The van der Waals surface area contributed by atoms with Crippen molar-refractivity contribution in [2.24, 2.45) is 0 Å². The summed E-state index contributed by atoms with van der Waals surface area (Å²) in [5, 5.41) is 4.64. The molecule has 0 aromatic heterocycles. The quantitative estimate of drug-likeness (QED) is 0.797. The van der Waals surface area contributed by atoms with Gasteiger partial charge in [0.05, 0.1) is 0 Å². The molecule has 0 aliphatic heterocycles. The van der Waals surface area contributed by atoms with Gasteiger partial charge >= 0.3 is 0 Å². The number of hydrogen-bond acceptors (Lipinski definition) is 1. The van der Waals surface area contributed by atoms with Gasteiger partial charge in [0.1, 0.15) is 0 Å². The molecule has 17 heavy (non-hydrogen) atoms. The summed E-state index contributed by atoms with van der Waals surface area (Å²) in [6, 6.07) is 13.5. The average molecular weight is 331 g/mol. The lowest BCUT2D eigenvalue weighted by Crippen LogP contribution is -1.99. The SMILES string of the molecule is Clc1ccc(CNc2cccc(Br)c2)c(Cl)c1. The van der Waals surface area contributed by atoms with Gasteiger partial charge in [-0.05, 0) is 35.9 Å². The van der Waals surface area contributed by atoms with E-state index in [0.29, 0.717) is 16.6 Å². The van der Waals surface area contributed by atoms with Gasteiger partial charge in [-0.3, -0.25) is 0 Å². The van der Waals surface area contributed by atoms with E-state index < -0.39 is 0 Å². The first-order valence-corrected chi connectivity index (χ1v) is 6.63. The van der Waals surface area contributed by atoms with Crippen LogP contribution < -0.4 is 5.32 Å². The average Bonchev–Trinajstić information content (AvgIpc) is 2.28. The maximum atomic E-state index is 6.09. The van der Waals surface area contributed by atoms with Gasteiger partial charge in [-0.1, -0.05) is 51.3 Å². The van der Waals surface area contributed by atoms with Crippen molar-refractivity contribution in [1.29, 1.82) is 0 Å². The molecular formula is C13H10BrCl2N. The van der Waals surface area contributed by atoms with Crippen LogP contribution in [-0.2, 0) is 6.54 Å². The van der Waals surface area contributed by atoms with Gasteiger partial charge in [-0.25, -0.2) is 0 Å². The zero-order valence-electron chi connectivity index (χ0n) is 8.88. The number of benzene rings is 2. The van der Waals surface area contributed by atoms with Crippen LogP contribution in [0.1, 0.15) is 5.56 Å². The van der Waals surface area contributed by atoms with Crippen LogP contribution in [0.4, 0.5) is 5.69 Å². The summed E-state index contributed by atoms with van der Waals surface area (Å²) in [7, 11) is 0. The molecule has 2 rings (SSSR count). The number of anilines is 1. The van der Waals surface area contributed by atoms with E-state index in [1.807, 2.05) is 36.4 Å². The maximum Gasteiger partial charge on any atom is 0.0470 e. The summed E-state index contributed by atoms with van der Waals surface area (Å²) in [6.45, 7) is 0.673. The van der Waals surface area contributed by atoms with Gasteiger partial charge in [0.2, 0.25) is 0 Å². The Labute approximate surface area is 119 Å². The topological polar surface area (TPSA) is 12.0 Å². The van der Waals surface area contributed by atoms with Crippen LogP contribution in [0.25, 0.3) is 0 Å². The van der Waals surface area contributed by atoms with Crippen molar-refractivity contribution in [2.45, 2.75) is 6.54 Å². The third kappa shape index (κ3) is 3.63. The predicted molar refractivity (Wildman–Crippen MR) is 77.9 cm³/mol. The van der Waals surface area contributed by atoms with Crippen LogP contribution in [0.3, 0.4) is 0 Å². The van der Waals surface area contributed by atoms with Gasteiger partial charge in [0.25, 0.3) is 0 Å². The minimum Gasteiger partial charge on any atom is -0.381 e. The van der Waals surface area contributed by atoms with Gasteiger partial charge < -0.3 is 5.32 Å². The first-order chi connectivity index (χ1) is 8.15. The normalized spacial score (nSPS) is 10.3. The van der Waals surface area contributed by atoms with Crippen molar-refractivity contribution in [3.63, 3.8) is 0 Å². The Morgan fingerprint density at radius 1 is 1.06 bits per heavy atom. The maximum absolute atomic E-state index is 6.09. The molecule has 0 heterocycles. The van der Waals surface area contributed by atoms with E-state index in [1.165, 1.54) is 0 Å². The number of hydrogen-bond donors (Lipinski definition) is 1. The molecular weight excluding hydrogens is 321 g/mol. The third-order valence-electron chi connectivity index (χ3n) is 2.32. The van der Waals surface area contributed by atoms with Crippen LogP contribution in [-0.4, -0.2) is 0 Å². The highest BCUT2D eigenvalue weighted by Gasteiger charge is 2.01. The summed E-state index contributed by atoms with van der Waals surface area (Å²) in [5.74, 6) is 0. The molecule has 0 aliphatic rings. The highest BCUT2D eigenvalue weighted by Crippen LogP contribution is 2.22. The molecule has 0 saturated carbocycles. The Bertz CT molecular complexity index is 529. The fourth-order valence-electron chi connectivity index (χ4n) is 1.46. The van der Waals surface area contributed by atoms with Crippen molar-refractivity contribution < 1.29 is 0 Å². The Morgan fingerprint density at radius 2 is 1.88 bits per heavy atom. The Kier molecular flexibility index (Phi) is 4.32. The monoisotopic (exact) mass is 329 g/mol. The fourth-order valence-corrected chi connectivity index (χ4v) is 2.34. The van der Waals surface area contributed by atoms with Crippen LogP contribution >= 0.6 is 39.1 Å². The molecule has 2 aromatic carbocycles. The van der Waals surface area contributed by atoms with Crippen molar-refractivity contribution in [2.75, 3.05) is 5.32 Å². The minimum atomic E-state index is 0.654. The number of halogens is 3. The second kappa shape index (κ2) is 5.76. The van der Waals surface area contributed by atoms with Gasteiger partial charge in [-0.2, -0.15) is 0 Å². The van der Waals surface area contributed by atoms with Crippen molar-refractivity contribution >= 4 is 44.8 Å². The second-order valence-corrected chi connectivity index (χ2v) is 5.36. The fraction of sp³-hybridized carbons (Fsp3) is 0.0769. The number of nitrogens with one attached hydrogen (secondary N) is 1. The predicted octanol–water partition coefficient (Wildman–Crippen LogP) is 5.37. The van der Waals surface area contributed by atoms with Crippen molar-refractivity contribution in [3.05, 3.63) is 62.5 Å². The molecule has 1 nitrogen and oxygen atoms in total. The molecule has 0 radical (unpaired) electrons. The van der Waals surface area contributed by atoms with Crippen LogP contribution in [0.2, 0.25) is 10.0 Å². The van der Waals surface area contributed by atoms with Crippen LogP contribution in [0, 0.1) is 0 Å². The standard InChI is InChI=1S/C13H10BrCl2N/c14-10-2-1-3-12(6-10)17-8-9-4-5-11(15)7-13(9)16/h1-7,17H,8H2. The van der Waals surface area contributed by atoms with Crippen molar-refractivity contribution in [1.82, 2.24) is 0 Å². The smallest absolute Gasteiger partial charge is 0.0470 e. The van der Waals surface area contributed by atoms with Gasteiger partial charge in [0, 0.05) is 26.8 Å². The molecule has 0 bridgehead atoms. The van der Waals surface area contributed by atoms with Gasteiger partial charge in [-0.15, -0.1) is 0 Å². The Balaban J connectivity index is 2.07. The van der Waals surface area contributed by atoms with E-state index in [-0.39, 0.29) is 0 Å². The molecule has 0 spiro atoms. The first kappa shape index (κ1) is 12.7. The molecule has 0 amide bonds.